The smallest absolute Gasteiger partial charge is 0.0542 e. The largest absolute Gasteiger partial charge is 0.0912 e. The predicted molar refractivity (Wildman–Crippen MR) is 135 cm³/mol. The average molecular weight is 409 g/mol. The van der Waals surface area contributed by atoms with Crippen LogP contribution in [0.15, 0.2) is 12.2 Å². The molecule has 0 fully saturated rings. The van der Waals surface area contributed by atoms with Gasteiger partial charge >= 0.3 is 0 Å². The van der Waals surface area contributed by atoms with Gasteiger partial charge in [0.05, 0.1) is 8.07 Å². The minimum atomic E-state index is -1.05. The van der Waals surface area contributed by atoms with E-state index in [1.165, 1.54) is 122 Å². The molecule has 0 atom stereocenters. The van der Waals surface area contributed by atoms with E-state index < -0.39 is 8.07 Å². The molecular weight excluding hydrogens is 352 g/mol. The fourth-order valence-corrected chi connectivity index (χ4v) is 7.95. The van der Waals surface area contributed by atoms with E-state index in [0.717, 1.165) is 0 Å². The van der Waals surface area contributed by atoms with Gasteiger partial charge in [0.1, 0.15) is 0 Å². The highest BCUT2D eigenvalue weighted by molar-refractivity contribution is 6.79. The fourth-order valence-electron chi connectivity index (χ4n) is 4.34. The molecule has 0 saturated carbocycles. The third kappa shape index (κ3) is 19.3. The minimum absolute atomic E-state index is 1.05. The van der Waals surface area contributed by atoms with Gasteiger partial charge in [-0.2, -0.15) is 0 Å². The molecule has 0 nitrogen and oxygen atoms in total. The molecule has 0 aliphatic rings. The van der Waals surface area contributed by atoms with Gasteiger partial charge in [0, 0.05) is 0 Å². The summed E-state index contributed by atoms with van der Waals surface area (Å²) in [7, 11) is -1.05. The predicted octanol–water partition coefficient (Wildman–Crippen LogP) is 10.7. The molecule has 0 aromatic rings. The van der Waals surface area contributed by atoms with E-state index >= 15 is 0 Å². The number of hydrogen-bond acceptors (Lipinski definition) is 0. The van der Waals surface area contributed by atoms with Crippen LogP contribution < -0.4 is 0 Å². The molecule has 0 aliphatic carbocycles. The Morgan fingerprint density at radius 1 is 0.464 bits per heavy atom. The van der Waals surface area contributed by atoms with Crippen molar-refractivity contribution in [2.45, 2.75) is 161 Å². The molecule has 0 N–H and O–H groups in total. The van der Waals surface area contributed by atoms with Crippen LogP contribution in [0.5, 0.6) is 0 Å². The summed E-state index contributed by atoms with van der Waals surface area (Å²) in [5.74, 6) is 0. The Labute approximate surface area is 181 Å². The summed E-state index contributed by atoms with van der Waals surface area (Å²) in [5.41, 5.74) is 0. The summed E-state index contributed by atoms with van der Waals surface area (Å²) in [5, 5.41) is 0. The normalized spacial score (nSPS) is 12.3. The van der Waals surface area contributed by atoms with Gasteiger partial charge in [0.15, 0.2) is 0 Å². The molecule has 0 bridgehead atoms. The highest BCUT2D eigenvalue weighted by Crippen LogP contribution is 2.28. The van der Waals surface area contributed by atoms with E-state index in [9.17, 15) is 0 Å². The van der Waals surface area contributed by atoms with Crippen LogP contribution in [0, 0.1) is 0 Å². The van der Waals surface area contributed by atoms with Gasteiger partial charge in [-0.05, 0) is 18.9 Å². The molecular formula is C27H56Si. The molecule has 0 heterocycles. The van der Waals surface area contributed by atoms with Gasteiger partial charge in [0.25, 0.3) is 0 Å². The van der Waals surface area contributed by atoms with Gasteiger partial charge in [0.2, 0.25) is 0 Å². The zero-order valence-corrected chi connectivity index (χ0v) is 21.5. The average Bonchev–Trinajstić information content (AvgIpc) is 2.69. The van der Waals surface area contributed by atoms with Crippen molar-refractivity contribution >= 4 is 8.07 Å². The van der Waals surface area contributed by atoms with Crippen LogP contribution in [0.25, 0.3) is 0 Å². The maximum absolute atomic E-state index is 2.72. The number of hydrogen-bond donors (Lipinski definition) is 0. The molecule has 0 aromatic heterocycles. The van der Waals surface area contributed by atoms with E-state index in [4.69, 9.17) is 0 Å². The molecule has 0 aliphatic heterocycles. The van der Waals surface area contributed by atoms with Crippen molar-refractivity contribution in [2.75, 3.05) is 0 Å². The van der Waals surface area contributed by atoms with Gasteiger partial charge in [-0.1, -0.05) is 154 Å². The molecule has 0 spiro atoms. The van der Waals surface area contributed by atoms with Crippen molar-refractivity contribution in [1.29, 1.82) is 0 Å². The lowest BCUT2D eigenvalue weighted by Crippen LogP contribution is -2.28. The first-order valence-electron chi connectivity index (χ1n) is 13.3. The van der Waals surface area contributed by atoms with Crippen LogP contribution in [0.2, 0.25) is 24.7 Å². The van der Waals surface area contributed by atoms with Crippen LogP contribution >= 0.6 is 0 Å². The van der Waals surface area contributed by atoms with Gasteiger partial charge in [-0.25, -0.2) is 0 Å². The summed E-state index contributed by atoms with van der Waals surface area (Å²) in [6.07, 6.45) is 31.0. The van der Waals surface area contributed by atoms with Gasteiger partial charge < -0.3 is 0 Å². The number of allylic oxidation sites excluding steroid dienone is 2. The second-order valence-corrected chi connectivity index (χ2v) is 14.8. The number of unbranched alkanes of at least 4 members (excludes halogenated alkanes) is 15. The minimum Gasteiger partial charge on any atom is -0.0912 e. The van der Waals surface area contributed by atoms with Crippen LogP contribution in [0.4, 0.5) is 0 Å². The van der Waals surface area contributed by atoms with Crippen molar-refractivity contribution in [3.8, 4) is 0 Å². The van der Waals surface area contributed by atoms with Crippen molar-refractivity contribution < 1.29 is 0 Å². The Morgan fingerprint density at radius 2 is 0.857 bits per heavy atom. The topological polar surface area (TPSA) is 0 Å². The molecule has 0 amide bonds. The number of rotatable bonds is 22. The second-order valence-electron chi connectivity index (χ2n) is 9.72. The maximum atomic E-state index is 2.72. The van der Waals surface area contributed by atoms with Crippen molar-refractivity contribution in [2.24, 2.45) is 0 Å². The summed E-state index contributed by atoms with van der Waals surface area (Å²) in [4.78, 5) is 0. The Hall–Kier alpha value is -0.0431. The van der Waals surface area contributed by atoms with Crippen LogP contribution in [0.3, 0.4) is 0 Å². The van der Waals surface area contributed by atoms with Crippen LogP contribution in [0.1, 0.15) is 136 Å². The molecule has 0 unspecified atom stereocenters. The zero-order chi connectivity index (χ0) is 20.8. The van der Waals surface area contributed by atoms with E-state index in [-0.39, 0.29) is 0 Å². The third-order valence-corrected chi connectivity index (χ3v) is 10.9. The monoisotopic (exact) mass is 408 g/mol. The zero-order valence-electron chi connectivity index (χ0n) is 20.5. The molecule has 28 heavy (non-hydrogen) atoms. The van der Waals surface area contributed by atoms with Gasteiger partial charge in [-0.3, -0.25) is 0 Å². The van der Waals surface area contributed by atoms with E-state index in [0.29, 0.717) is 0 Å². The Kier molecular flexibility index (Phi) is 21.6. The lowest BCUT2D eigenvalue weighted by molar-refractivity contribution is 0.614. The summed E-state index contributed by atoms with van der Waals surface area (Å²) in [6, 6.07) is 4.61. The van der Waals surface area contributed by atoms with Crippen molar-refractivity contribution in [3.63, 3.8) is 0 Å². The van der Waals surface area contributed by atoms with Crippen molar-refractivity contribution in [1.82, 2.24) is 0 Å². The first kappa shape index (κ1) is 28.0. The lowest BCUT2D eigenvalue weighted by atomic mass is 10.1. The lowest BCUT2D eigenvalue weighted by Gasteiger charge is -2.26. The van der Waals surface area contributed by atoms with E-state index in [1.807, 2.05) is 0 Å². The molecule has 0 radical (unpaired) electrons. The Balaban J connectivity index is 4.14. The highest BCUT2D eigenvalue weighted by Gasteiger charge is 2.24. The highest BCUT2D eigenvalue weighted by atomic mass is 28.3. The first-order valence-corrected chi connectivity index (χ1v) is 16.5. The maximum Gasteiger partial charge on any atom is 0.0542 e. The first-order chi connectivity index (χ1) is 13.7. The molecule has 0 aromatic carbocycles. The fraction of sp³-hybridized carbons (Fsp3) is 0.926. The molecule has 1 heteroatoms. The SMILES string of the molecule is CCCCCCCC=CC[Si](C)(CCCCCCCC)CCCCCCCC. The molecule has 0 rings (SSSR count). The summed E-state index contributed by atoms with van der Waals surface area (Å²) in [6.45, 7) is 9.66. The van der Waals surface area contributed by atoms with Crippen LogP contribution in [-0.2, 0) is 0 Å². The Bertz CT molecular complexity index is 304. The molecule has 168 valence electrons. The van der Waals surface area contributed by atoms with Crippen molar-refractivity contribution in [3.05, 3.63) is 12.2 Å². The van der Waals surface area contributed by atoms with Crippen LogP contribution in [-0.4, -0.2) is 8.07 Å². The second kappa shape index (κ2) is 21.7. The Morgan fingerprint density at radius 3 is 1.32 bits per heavy atom. The third-order valence-electron chi connectivity index (χ3n) is 6.52. The van der Waals surface area contributed by atoms with Gasteiger partial charge in [-0.15, -0.1) is 0 Å². The van der Waals surface area contributed by atoms with E-state index in [2.05, 4.69) is 39.5 Å². The summed E-state index contributed by atoms with van der Waals surface area (Å²) < 4.78 is 0. The van der Waals surface area contributed by atoms with E-state index in [1.54, 1.807) is 12.1 Å². The quantitative estimate of drug-likeness (QED) is 0.0948. The summed E-state index contributed by atoms with van der Waals surface area (Å²) >= 11 is 0. The molecule has 0 saturated heterocycles. The standard InChI is InChI=1S/C27H56Si/c1-5-8-11-14-17-18-21-24-27-28(4,25-22-19-15-12-9-6-2)26-23-20-16-13-10-7-3/h21,24H,5-20,22-23,25-27H2,1-4H3.